The van der Waals surface area contributed by atoms with Gasteiger partial charge in [0.05, 0.1) is 7.11 Å². The van der Waals surface area contributed by atoms with Crippen molar-refractivity contribution in [3.8, 4) is 0 Å². The number of carbonyl (C=O) groups excluding carboxylic acids is 1. The van der Waals surface area contributed by atoms with E-state index in [2.05, 4.69) is 9.64 Å². The lowest BCUT2D eigenvalue weighted by Gasteiger charge is -2.17. The predicted octanol–water partition coefficient (Wildman–Crippen LogP) is -0.384. The highest BCUT2D eigenvalue weighted by molar-refractivity contribution is 5.74. The third-order valence-corrected chi connectivity index (χ3v) is 2.10. The molecule has 0 saturated carbocycles. The van der Waals surface area contributed by atoms with Gasteiger partial charge in [-0.1, -0.05) is 0 Å². The molecule has 0 aromatic carbocycles. The van der Waals surface area contributed by atoms with Crippen molar-refractivity contribution in [2.45, 2.75) is 18.9 Å². The molecule has 1 aliphatic rings. The SMILES string of the molecule is COC(=O)C(O)CN1CCCC1. The molecule has 1 unspecified atom stereocenters. The highest BCUT2D eigenvalue weighted by Gasteiger charge is 2.21. The summed E-state index contributed by atoms with van der Waals surface area (Å²) in [5.74, 6) is -0.540. The minimum absolute atomic E-state index is 0.409. The van der Waals surface area contributed by atoms with Crippen LogP contribution >= 0.6 is 0 Å². The normalized spacial score (nSPS) is 20.8. The molecule has 0 radical (unpaired) electrons. The van der Waals surface area contributed by atoms with E-state index in [1.807, 2.05) is 0 Å². The molecule has 4 nitrogen and oxygen atoms in total. The highest BCUT2D eigenvalue weighted by Crippen LogP contribution is 2.07. The second-order valence-corrected chi connectivity index (χ2v) is 3.05. The van der Waals surface area contributed by atoms with Crippen LogP contribution in [0.1, 0.15) is 12.8 Å². The van der Waals surface area contributed by atoms with E-state index in [0.717, 1.165) is 25.9 Å². The molecule has 12 heavy (non-hydrogen) atoms. The molecular weight excluding hydrogens is 158 g/mol. The molecule has 0 aromatic heterocycles. The zero-order valence-electron chi connectivity index (χ0n) is 7.32. The minimum Gasteiger partial charge on any atom is -0.467 e. The zero-order chi connectivity index (χ0) is 8.97. The van der Waals surface area contributed by atoms with E-state index < -0.39 is 12.1 Å². The summed E-state index contributed by atoms with van der Waals surface area (Å²) in [5.41, 5.74) is 0. The van der Waals surface area contributed by atoms with Crippen molar-refractivity contribution in [2.75, 3.05) is 26.7 Å². The number of esters is 1. The molecule has 1 atom stereocenters. The van der Waals surface area contributed by atoms with Gasteiger partial charge in [0.1, 0.15) is 0 Å². The molecule has 70 valence electrons. The molecule has 4 heteroatoms. The average Bonchev–Trinajstić information content (AvgIpc) is 2.55. The number of hydrogen-bond donors (Lipinski definition) is 1. The third-order valence-electron chi connectivity index (χ3n) is 2.10. The number of aliphatic hydroxyl groups is 1. The summed E-state index contributed by atoms with van der Waals surface area (Å²) in [6.07, 6.45) is 1.34. The molecule has 1 N–H and O–H groups in total. The Kier molecular flexibility index (Phi) is 3.49. The Morgan fingerprint density at radius 1 is 1.58 bits per heavy atom. The molecule has 0 bridgehead atoms. The van der Waals surface area contributed by atoms with Crippen LogP contribution in [-0.2, 0) is 9.53 Å². The van der Waals surface area contributed by atoms with Crippen molar-refractivity contribution < 1.29 is 14.6 Å². The van der Waals surface area contributed by atoms with Gasteiger partial charge in [-0.3, -0.25) is 0 Å². The number of methoxy groups -OCH3 is 1. The molecule has 1 fully saturated rings. The van der Waals surface area contributed by atoms with Gasteiger partial charge in [0.25, 0.3) is 0 Å². The zero-order valence-corrected chi connectivity index (χ0v) is 7.32. The van der Waals surface area contributed by atoms with Gasteiger partial charge in [0.15, 0.2) is 6.10 Å². The lowest BCUT2D eigenvalue weighted by Crippen LogP contribution is -2.35. The largest absolute Gasteiger partial charge is 0.467 e. The number of β-amino-alcohol motifs (C(OH)–C–C–N with tert-alkyl or cyclic N) is 1. The minimum atomic E-state index is -0.979. The van der Waals surface area contributed by atoms with Crippen molar-refractivity contribution in [2.24, 2.45) is 0 Å². The summed E-state index contributed by atoms with van der Waals surface area (Å²) in [5, 5.41) is 9.26. The van der Waals surface area contributed by atoms with Crippen LogP contribution in [0.25, 0.3) is 0 Å². The van der Waals surface area contributed by atoms with E-state index in [1.54, 1.807) is 0 Å². The molecule has 0 aromatic rings. The van der Waals surface area contributed by atoms with Gasteiger partial charge in [0.2, 0.25) is 0 Å². The lowest BCUT2D eigenvalue weighted by atomic mass is 10.3. The van der Waals surface area contributed by atoms with Crippen LogP contribution in [0.2, 0.25) is 0 Å². The fourth-order valence-electron chi connectivity index (χ4n) is 1.42. The summed E-state index contributed by atoms with van der Waals surface area (Å²) in [6, 6.07) is 0. The Bertz CT molecular complexity index is 154. The number of rotatable bonds is 3. The van der Waals surface area contributed by atoms with Crippen molar-refractivity contribution in [1.29, 1.82) is 0 Å². The van der Waals surface area contributed by atoms with Crippen molar-refractivity contribution in [3.63, 3.8) is 0 Å². The fraction of sp³-hybridized carbons (Fsp3) is 0.875. The Hall–Kier alpha value is -0.610. The van der Waals surface area contributed by atoms with Gasteiger partial charge in [-0.15, -0.1) is 0 Å². The number of likely N-dealkylation sites (tertiary alicyclic amines) is 1. The van der Waals surface area contributed by atoms with E-state index in [0.29, 0.717) is 6.54 Å². The summed E-state index contributed by atoms with van der Waals surface area (Å²) in [4.78, 5) is 12.9. The van der Waals surface area contributed by atoms with Gasteiger partial charge in [0, 0.05) is 6.54 Å². The molecule has 1 heterocycles. The first kappa shape index (κ1) is 9.48. The van der Waals surface area contributed by atoms with E-state index >= 15 is 0 Å². The first-order chi connectivity index (χ1) is 5.74. The Balaban J connectivity index is 2.24. The Morgan fingerprint density at radius 3 is 2.67 bits per heavy atom. The van der Waals surface area contributed by atoms with Crippen LogP contribution in [0.15, 0.2) is 0 Å². The topological polar surface area (TPSA) is 49.8 Å². The number of hydrogen-bond acceptors (Lipinski definition) is 4. The van der Waals surface area contributed by atoms with Crippen LogP contribution in [0, 0.1) is 0 Å². The van der Waals surface area contributed by atoms with Crippen LogP contribution in [0.3, 0.4) is 0 Å². The third kappa shape index (κ3) is 2.46. The monoisotopic (exact) mass is 173 g/mol. The first-order valence-corrected chi connectivity index (χ1v) is 4.22. The molecule has 0 amide bonds. The predicted molar refractivity (Wildman–Crippen MR) is 43.7 cm³/mol. The molecule has 1 rings (SSSR count). The van der Waals surface area contributed by atoms with Crippen molar-refractivity contribution in [3.05, 3.63) is 0 Å². The maximum absolute atomic E-state index is 10.8. The van der Waals surface area contributed by atoms with E-state index in [-0.39, 0.29) is 0 Å². The molecule has 0 aliphatic carbocycles. The Morgan fingerprint density at radius 2 is 2.17 bits per heavy atom. The second-order valence-electron chi connectivity index (χ2n) is 3.05. The highest BCUT2D eigenvalue weighted by atomic mass is 16.5. The van der Waals surface area contributed by atoms with Crippen LogP contribution in [0.5, 0.6) is 0 Å². The number of ether oxygens (including phenoxy) is 1. The number of aliphatic hydroxyl groups excluding tert-OH is 1. The quantitative estimate of drug-likeness (QED) is 0.591. The standard InChI is InChI=1S/C8H15NO3/c1-12-8(11)7(10)6-9-4-2-3-5-9/h7,10H,2-6H2,1H3. The van der Waals surface area contributed by atoms with Crippen LogP contribution < -0.4 is 0 Å². The summed E-state index contributed by atoms with van der Waals surface area (Å²) in [6.45, 7) is 2.37. The number of nitrogens with zero attached hydrogens (tertiary/aromatic N) is 1. The molecular formula is C8H15NO3. The summed E-state index contributed by atoms with van der Waals surface area (Å²) < 4.78 is 4.41. The van der Waals surface area contributed by atoms with E-state index in [1.165, 1.54) is 7.11 Å². The maximum Gasteiger partial charge on any atom is 0.336 e. The first-order valence-electron chi connectivity index (χ1n) is 4.22. The van der Waals surface area contributed by atoms with Gasteiger partial charge >= 0.3 is 5.97 Å². The van der Waals surface area contributed by atoms with Gasteiger partial charge in [-0.05, 0) is 25.9 Å². The second kappa shape index (κ2) is 4.42. The van der Waals surface area contributed by atoms with Crippen LogP contribution in [-0.4, -0.2) is 48.8 Å². The van der Waals surface area contributed by atoms with E-state index in [9.17, 15) is 9.90 Å². The van der Waals surface area contributed by atoms with Crippen LogP contribution in [0.4, 0.5) is 0 Å². The van der Waals surface area contributed by atoms with Gasteiger partial charge in [-0.25, -0.2) is 4.79 Å². The van der Waals surface area contributed by atoms with Crippen molar-refractivity contribution in [1.82, 2.24) is 4.90 Å². The Labute approximate surface area is 72.1 Å². The lowest BCUT2D eigenvalue weighted by molar-refractivity contribution is -0.151. The van der Waals surface area contributed by atoms with Gasteiger partial charge < -0.3 is 14.7 Å². The molecule has 1 saturated heterocycles. The maximum atomic E-state index is 10.8. The summed E-state index contributed by atoms with van der Waals surface area (Å²) >= 11 is 0. The molecule has 1 aliphatic heterocycles. The van der Waals surface area contributed by atoms with Crippen molar-refractivity contribution >= 4 is 5.97 Å². The fourth-order valence-corrected chi connectivity index (χ4v) is 1.42. The smallest absolute Gasteiger partial charge is 0.336 e. The van der Waals surface area contributed by atoms with Gasteiger partial charge in [-0.2, -0.15) is 0 Å². The van der Waals surface area contributed by atoms with E-state index in [4.69, 9.17) is 0 Å². The average molecular weight is 173 g/mol. The summed E-state index contributed by atoms with van der Waals surface area (Å²) in [7, 11) is 1.29. The molecule has 0 spiro atoms. The number of carbonyl (C=O) groups is 1.